The predicted octanol–water partition coefficient (Wildman–Crippen LogP) is 1.03. The summed E-state index contributed by atoms with van der Waals surface area (Å²) >= 11 is 0. The van der Waals surface area contributed by atoms with E-state index in [2.05, 4.69) is 0 Å². The van der Waals surface area contributed by atoms with Crippen LogP contribution in [0, 0.1) is 0 Å². The maximum atomic E-state index is 11.9. The van der Waals surface area contributed by atoms with Crippen LogP contribution in [0.25, 0.3) is 0 Å². The van der Waals surface area contributed by atoms with E-state index in [1.165, 1.54) is 11.1 Å². The zero-order chi connectivity index (χ0) is 13.8. The monoisotopic (exact) mass is 260 g/mol. The SMILES string of the molecule is CCOC(=CC(=O)N(CCCN)OCC)OCC. The van der Waals surface area contributed by atoms with Gasteiger partial charge >= 0.3 is 0 Å². The molecular weight excluding hydrogens is 236 g/mol. The molecule has 0 saturated carbocycles. The first-order valence-corrected chi connectivity index (χ1v) is 6.31. The minimum atomic E-state index is -0.304. The molecule has 1 amide bonds. The maximum absolute atomic E-state index is 11.9. The number of rotatable bonds is 10. The second-order valence-electron chi connectivity index (χ2n) is 3.33. The quantitative estimate of drug-likeness (QED) is 0.361. The number of hydroxylamine groups is 2. The Labute approximate surface area is 109 Å². The lowest BCUT2D eigenvalue weighted by Gasteiger charge is -2.19. The van der Waals surface area contributed by atoms with Gasteiger partial charge in [-0.25, -0.2) is 5.06 Å². The van der Waals surface area contributed by atoms with Gasteiger partial charge in [0.2, 0.25) is 0 Å². The van der Waals surface area contributed by atoms with Crippen molar-refractivity contribution >= 4 is 5.91 Å². The first-order chi connectivity index (χ1) is 8.69. The molecule has 0 saturated heterocycles. The summed E-state index contributed by atoms with van der Waals surface area (Å²) in [5.74, 6) is -0.0929. The fourth-order valence-corrected chi connectivity index (χ4v) is 1.21. The molecule has 0 atom stereocenters. The van der Waals surface area contributed by atoms with Gasteiger partial charge in [0.15, 0.2) is 0 Å². The van der Waals surface area contributed by atoms with E-state index in [0.29, 0.717) is 39.3 Å². The van der Waals surface area contributed by atoms with E-state index in [4.69, 9.17) is 20.0 Å². The average Bonchev–Trinajstić information content (AvgIpc) is 2.35. The minimum Gasteiger partial charge on any atom is -0.466 e. The van der Waals surface area contributed by atoms with Crippen LogP contribution in [-0.4, -0.2) is 43.9 Å². The maximum Gasteiger partial charge on any atom is 0.284 e. The molecule has 106 valence electrons. The number of hydrogen-bond acceptors (Lipinski definition) is 5. The molecule has 0 bridgehead atoms. The molecule has 0 aromatic carbocycles. The van der Waals surface area contributed by atoms with E-state index >= 15 is 0 Å². The van der Waals surface area contributed by atoms with Crippen LogP contribution in [0.15, 0.2) is 12.0 Å². The Morgan fingerprint density at radius 2 is 1.78 bits per heavy atom. The summed E-state index contributed by atoms with van der Waals surface area (Å²) in [5.41, 5.74) is 5.41. The van der Waals surface area contributed by atoms with Crippen molar-refractivity contribution in [3.8, 4) is 0 Å². The van der Waals surface area contributed by atoms with Crippen molar-refractivity contribution in [3.63, 3.8) is 0 Å². The third-order valence-corrected chi connectivity index (χ3v) is 1.91. The summed E-state index contributed by atoms with van der Waals surface area (Å²) in [6.45, 7) is 7.72. The zero-order valence-corrected chi connectivity index (χ0v) is 11.5. The van der Waals surface area contributed by atoms with Gasteiger partial charge < -0.3 is 15.2 Å². The predicted molar refractivity (Wildman–Crippen MR) is 68.3 cm³/mol. The molecule has 0 aliphatic rings. The van der Waals surface area contributed by atoms with Gasteiger partial charge in [-0.2, -0.15) is 0 Å². The molecule has 0 heterocycles. The molecule has 0 unspecified atom stereocenters. The van der Waals surface area contributed by atoms with E-state index < -0.39 is 0 Å². The molecule has 0 aliphatic carbocycles. The topological polar surface area (TPSA) is 74.0 Å². The molecule has 0 spiro atoms. The Balaban J connectivity index is 4.55. The van der Waals surface area contributed by atoms with Crippen LogP contribution in [0.5, 0.6) is 0 Å². The Morgan fingerprint density at radius 1 is 1.17 bits per heavy atom. The molecule has 0 aromatic rings. The highest BCUT2D eigenvalue weighted by molar-refractivity contribution is 5.86. The average molecular weight is 260 g/mol. The molecule has 0 rings (SSSR count). The van der Waals surface area contributed by atoms with Crippen molar-refractivity contribution in [2.45, 2.75) is 27.2 Å². The number of ether oxygens (including phenoxy) is 2. The lowest BCUT2D eigenvalue weighted by Crippen LogP contribution is -2.32. The highest BCUT2D eigenvalue weighted by Gasteiger charge is 2.13. The second-order valence-corrected chi connectivity index (χ2v) is 3.33. The summed E-state index contributed by atoms with van der Waals surface area (Å²) in [4.78, 5) is 17.2. The van der Waals surface area contributed by atoms with Crippen LogP contribution in [-0.2, 0) is 19.1 Å². The fraction of sp³-hybridized carbons (Fsp3) is 0.750. The van der Waals surface area contributed by atoms with Gasteiger partial charge in [0.05, 0.1) is 32.4 Å². The van der Waals surface area contributed by atoms with Crippen molar-refractivity contribution in [2.75, 3.05) is 32.9 Å². The third-order valence-electron chi connectivity index (χ3n) is 1.91. The summed E-state index contributed by atoms with van der Waals surface area (Å²) in [6.07, 6.45) is 1.97. The zero-order valence-electron chi connectivity index (χ0n) is 11.5. The summed E-state index contributed by atoms with van der Waals surface area (Å²) in [5, 5.41) is 1.27. The van der Waals surface area contributed by atoms with Crippen molar-refractivity contribution in [1.29, 1.82) is 0 Å². The molecular formula is C12H24N2O4. The number of hydrogen-bond donors (Lipinski definition) is 1. The van der Waals surface area contributed by atoms with Crippen molar-refractivity contribution in [2.24, 2.45) is 5.73 Å². The molecule has 0 aromatic heterocycles. The van der Waals surface area contributed by atoms with Gasteiger partial charge in [-0.1, -0.05) is 0 Å². The smallest absolute Gasteiger partial charge is 0.284 e. The van der Waals surface area contributed by atoms with Crippen LogP contribution < -0.4 is 5.73 Å². The van der Waals surface area contributed by atoms with Gasteiger partial charge in [0.25, 0.3) is 11.9 Å². The molecule has 6 heteroatoms. The molecule has 0 aliphatic heterocycles. The van der Waals surface area contributed by atoms with Crippen LogP contribution in [0.3, 0.4) is 0 Å². The minimum absolute atomic E-state index is 0.211. The molecule has 0 fully saturated rings. The van der Waals surface area contributed by atoms with E-state index in [0.717, 1.165) is 0 Å². The van der Waals surface area contributed by atoms with E-state index in [1.54, 1.807) is 0 Å². The molecule has 18 heavy (non-hydrogen) atoms. The van der Waals surface area contributed by atoms with E-state index in [1.807, 2.05) is 20.8 Å². The van der Waals surface area contributed by atoms with Crippen LogP contribution in [0.2, 0.25) is 0 Å². The van der Waals surface area contributed by atoms with Crippen LogP contribution >= 0.6 is 0 Å². The first kappa shape index (κ1) is 16.7. The fourth-order valence-electron chi connectivity index (χ4n) is 1.21. The van der Waals surface area contributed by atoms with Crippen LogP contribution in [0.4, 0.5) is 0 Å². The van der Waals surface area contributed by atoms with Gasteiger partial charge in [0, 0.05) is 0 Å². The Morgan fingerprint density at radius 3 is 2.22 bits per heavy atom. The van der Waals surface area contributed by atoms with Crippen molar-refractivity contribution in [1.82, 2.24) is 5.06 Å². The van der Waals surface area contributed by atoms with Gasteiger partial charge in [0.1, 0.15) is 0 Å². The summed E-state index contributed by atoms with van der Waals surface area (Å²) < 4.78 is 10.4. The van der Waals surface area contributed by atoms with E-state index in [-0.39, 0.29) is 11.9 Å². The third kappa shape index (κ3) is 7.13. The standard InChI is InChI=1S/C12H24N2O4/c1-4-16-12(17-5-2)10-11(15)14(18-6-3)9-7-8-13/h10H,4-9,13H2,1-3H3. The summed E-state index contributed by atoms with van der Waals surface area (Å²) in [7, 11) is 0. The van der Waals surface area contributed by atoms with Crippen molar-refractivity contribution < 1.29 is 19.1 Å². The normalized spacial score (nSPS) is 9.78. The first-order valence-electron chi connectivity index (χ1n) is 6.31. The number of amides is 1. The van der Waals surface area contributed by atoms with Gasteiger partial charge in [-0.05, 0) is 33.7 Å². The van der Waals surface area contributed by atoms with Gasteiger partial charge in [-0.3, -0.25) is 9.63 Å². The number of nitrogens with zero attached hydrogens (tertiary/aromatic N) is 1. The van der Waals surface area contributed by atoms with Gasteiger partial charge in [-0.15, -0.1) is 0 Å². The lowest BCUT2D eigenvalue weighted by molar-refractivity contribution is -0.179. The second kappa shape index (κ2) is 10.9. The van der Waals surface area contributed by atoms with E-state index in [9.17, 15) is 4.79 Å². The Kier molecular flexibility index (Phi) is 10.1. The van der Waals surface area contributed by atoms with Crippen LogP contribution in [0.1, 0.15) is 27.2 Å². The Bertz CT molecular complexity index is 248. The lowest BCUT2D eigenvalue weighted by atomic mass is 10.4. The number of nitrogens with two attached hydrogens (primary N) is 1. The number of carbonyl (C=O) groups excluding carboxylic acids is 1. The largest absolute Gasteiger partial charge is 0.466 e. The molecule has 0 radical (unpaired) electrons. The Hall–Kier alpha value is -1.27. The molecule has 2 N–H and O–H groups in total. The highest BCUT2D eigenvalue weighted by atomic mass is 16.7. The summed E-state index contributed by atoms with van der Waals surface area (Å²) in [6, 6.07) is 0. The highest BCUT2D eigenvalue weighted by Crippen LogP contribution is 2.03. The van der Waals surface area contributed by atoms with Crippen molar-refractivity contribution in [3.05, 3.63) is 12.0 Å². The molecule has 6 nitrogen and oxygen atoms in total. The number of carbonyl (C=O) groups is 1.